The number of rotatable bonds is 3. The third-order valence-electron chi connectivity index (χ3n) is 3.05. The molecule has 0 aliphatic rings. The molecule has 6 nitrogen and oxygen atoms in total. The fourth-order valence-electron chi connectivity index (χ4n) is 1.87. The van der Waals surface area contributed by atoms with Gasteiger partial charge in [-0.2, -0.15) is 18.4 Å². The number of nitrogens with one attached hydrogen (secondary N) is 1. The third-order valence-corrected chi connectivity index (χ3v) is 3.05. The van der Waals surface area contributed by atoms with Crippen molar-refractivity contribution in [3.8, 4) is 17.5 Å². The first kappa shape index (κ1) is 16.4. The fraction of sp³-hybridized carbons (Fsp3) is 0.0667. The number of pyridine rings is 2. The van der Waals surface area contributed by atoms with E-state index in [0.29, 0.717) is 6.20 Å². The molecule has 0 bridgehead atoms. The van der Waals surface area contributed by atoms with E-state index in [0.717, 1.165) is 18.2 Å². The van der Waals surface area contributed by atoms with Crippen molar-refractivity contribution in [3.05, 3.63) is 53.9 Å². The maximum absolute atomic E-state index is 13.5. The second-order valence-electron chi connectivity index (χ2n) is 4.75. The highest BCUT2D eigenvalue weighted by Gasteiger charge is 2.30. The van der Waals surface area contributed by atoms with Crippen LogP contribution >= 0.6 is 0 Å². The van der Waals surface area contributed by atoms with Crippen molar-refractivity contribution < 1.29 is 22.0 Å². The molecule has 3 aromatic heterocycles. The number of nitriles is 1. The van der Waals surface area contributed by atoms with Gasteiger partial charge < -0.3 is 9.73 Å². The van der Waals surface area contributed by atoms with Gasteiger partial charge in [0.25, 0.3) is 6.01 Å². The van der Waals surface area contributed by atoms with E-state index >= 15 is 0 Å². The summed E-state index contributed by atoms with van der Waals surface area (Å²) in [6, 6.07) is 4.60. The normalized spacial score (nSPS) is 11.2. The molecule has 0 saturated heterocycles. The average Bonchev–Trinajstić information content (AvgIpc) is 3.03. The van der Waals surface area contributed by atoms with Crippen molar-refractivity contribution in [3.63, 3.8) is 0 Å². The molecule has 0 aliphatic heterocycles. The Morgan fingerprint density at radius 3 is 2.48 bits per heavy atom. The Kier molecular flexibility index (Phi) is 4.06. The summed E-state index contributed by atoms with van der Waals surface area (Å²) in [5.74, 6) is -0.693. The van der Waals surface area contributed by atoms with Crippen LogP contribution in [0.3, 0.4) is 0 Å². The largest absolute Gasteiger partial charge is 0.422 e. The molecule has 0 spiro atoms. The first-order valence-corrected chi connectivity index (χ1v) is 6.69. The summed E-state index contributed by atoms with van der Waals surface area (Å²) in [6.45, 7) is 0. The average molecular weight is 349 g/mol. The summed E-state index contributed by atoms with van der Waals surface area (Å²) in [4.78, 5) is 11.2. The maximum Gasteiger partial charge on any atom is 0.417 e. The van der Waals surface area contributed by atoms with Crippen LogP contribution in [0, 0.1) is 17.1 Å². The van der Waals surface area contributed by atoms with E-state index in [4.69, 9.17) is 9.68 Å². The van der Waals surface area contributed by atoms with Gasteiger partial charge in [-0.15, -0.1) is 0 Å². The zero-order valence-electron chi connectivity index (χ0n) is 12.2. The Morgan fingerprint density at radius 2 is 1.88 bits per heavy atom. The Bertz CT molecular complexity index is 944. The number of halogens is 4. The summed E-state index contributed by atoms with van der Waals surface area (Å²) >= 11 is 0. The van der Waals surface area contributed by atoms with Crippen molar-refractivity contribution in [2.45, 2.75) is 6.18 Å². The number of anilines is 2. The molecule has 3 heterocycles. The van der Waals surface area contributed by atoms with Gasteiger partial charge in [0.15, 0.2) is 17.3 Å². The van der Waals surface area contributed by atoms with Gasteiger partial charge in [-0.1, -0.05) is 0 Å². The van der Waals surface area contributed by atoms with E-state index in [2.05, 4.69) is 20.3 Å². The molecule has 0 atom stereocenters. The Morgan fingerprint density at radius 1 is 1.08 bits per heavy atom. The van der Waals surface area contributed by atoms with Gasteiger partial charge in [0.05, 0.1) is 23.6 Å². The molecule has 1 N–H and O–H groups in total. The van der Waals surface area contributed by atoms with Gasteiger partial charge in [-0.25, -0.2) is 14.4 Å². The zero-order chi connectivity index (χ0) is 18.0. The van der Waals surface area contributed by atoms with Crippen LogP contribution in [-0.4, -0.2) is 15.0 Å². The van der Waals surface area contributed by atoms with Crippen LogP contribution in [0.15, 0.2) is 41.2 Å². The first-order valence-electron chi connectivity index (χ1n) is 6.69. The van der Waals surface area contributed by atoms with Crippen LogP contribution in [0.2, 0.25) is 0 Å². The minimum absolute atomic E-state index is 0.0393. The molecule has 3 rings (SSSR count). The topological polar surface area (TPSA) is 87.6 Å². The molecule has 10 heteroatoms. The molecule has 25 heavy (non-hydrogen) atoms. The van der Waals surface area contributed by atoms with Crippen molar-refractivity contribution >= 4 is 11.7 Å². The van der Waals surface area contributed by atoms with Gasteiger partial charge in [-0.05, 0) is 12.1 Å². The summed E-state index contributed by atoms with van der Waals surface area (Å²) in [5, 5.41) is 11.2. The maximum atomic E-state index is 13.5. The van der Waals surface area contributed by atoms with E-state index in [1.165, 1.54) is 12.4 Å². The lowest BCUT2D eigenvalue weighted by Crippen LogP contribution is -2.05. The molecule has 0 aliphatic carbocycles. The number of hydrogen-bond donors (Lipinski definition) is 1. The number of hydrogen-bond acceptors (Lipinski definition) is 6. The Labute approximate surface area is 137 Å². The van der Waals surface area contributed by atoms with Crippen molar-refractivity contribution in [2.24, 2.45) is 0 Å². The smallest absolute Gasteiger partial charge is 0.417 e. The summed E-state index contributed by atoms with van der Waals surface area (Å²) in [6.07, 6.45) is -1.33. The highest BCUT2D eigenvalue weighted by atomic mass is 19.4. The lowest BCUT2D eigenvalue weighted by Gasteiger charge is -2.05. The first-order chi connectivity index (χ1) is 11.9. The van der Waals surface area contributed by atoms with Crippen molar-refractivity contribution in [1.29, 1.82) is 5.26 Å². The molecule has 0 fully saturated rings. The van der Waals surface area contributed by atoms with Gasteiger partial charge >= 0.3 is 6.18 Å². The van der Waals surface area contributed by atoms with Crippen LogP contribution in [0.1, 0.15) is 11.3 Å². The van der Waals surface area contributed by atoms with Crippen LogP contribution in [-0.2, 0) is 6.18 Å². The standard InChI is InChI=1S/C15H7F4N5O/c16-10-3-9(6-22-12(10)4-20)24-14-23-7-13(25-14)11-2-1-8(5-21-11)15(17,18)19/h1-3,5-7H,(H,23,24). The van der Waals surface area contributed by atoms with Crippen molar-refractivity contribution in [1.82, 2.24) is 15.0 Å². The molecule has 0 amide bonds. The quantitative estimate of drug-likeness (QED) is 0.722. The van der Waals surface area contributed by atoms with E-state index in [-0.39, 0.29) is 28.9 Å². The molecular weight excluding hydrogens is 342 g/mol. The lowest BCUT2D eigenvalue weighted by molar-refractivity contribution is -0.137. The highest BCUT2D eigenvalue weighted by Crippen LogP contribution is 2.30. The van der Waals surface area contributed by atoms with Crippen molar-refractivity contribution in [2.75, 3.05) is 5.32 Å². The van der Waals surface area contributed by atoms with Gasteiger partial charge in [0.2, 0.25) is 0 Å². The number of nitrogens with zero attached hydrogens (tertiary/aromatic N) is 4. The molecule has 126 valence electrons. The van der Waals surface area contributed by atoms with E-state index in [1.807, 2.05) is 0 Å². The van der Waals surface area contributed by atoms with Crippen LogP contribution in [0.5, 0.6) is 0 Å². The molecule has 3 aromatic rings. The summed E-state index contributed by atoms with van der Waals surface area (Å²) < 4.78 is 56.3. The second-order valence-corrected chi connectivity index (χ2v) is 4.75. The second kappa shape index (κ2) is 6.20. The van der Waals surface area contributed by atoms with E-state index < -0.39 is 17.6 Å². The molecule has 0 saturated carbocycles. The summed E-state index contributed by atoms with van der Waals surface area (Å²) in [5.41, 5.74) is -0.899. The minimum Gasteiger partial charge on any atom is -0.422 e. The SMILES string of the molecule is N#Cc1ncc(Nc2ncc(-c3ccc(C(F)(F)F)cn3)o2)cc1F. The summed E-state index contributed by atoms with van der Waals surface area (Å²) in [7, 11) is 0. The number of alkyl halides is 3. The highest BCUT2D eigenvalue weighted by molar-refractivity contribution is 5.56. The number of aromatic nitrogens is 3. The lowest BCUT2D eigenvalue weighted by atomic mass is 10.2. The van der Waals surface area contributed by atoms with Crippen LogP contribution in [0.25, 0.3) is 11.5 Å². The zero-order valence-corrected chi connectivity index (χ0v) is 12.2. The third kappa shape index (κ3) is 3.55. The Balaban J connectivity index is 1.79. The molecule has 0 radical (unpaired) electrons. The minimum atomic E-state index is -4.48. The van der Waals surface area contributed by atoms with Crippen LogP contribution in [0.4, 0.5) is 29.3 Å². The van der Waals surface area contributed by atoms with Crippen LogP contribution < -0.4 is 5.32 Å². The van der Waals surface area contributed by atoms with Gasteiger partial charge in [-0.3, -0.25) is 4.98 Å². The van der Waals surface area contributed by atoms with Gasteiger partial charge in [0.1, 0.15) is 11.8 Å². The fourth-order valence-corrected chi connectivity index (χ4v) is 1.87. The van der Waals surface area contributed by atoms with Gasteiger partial charge in [0, 0.05) is 12.3 Å². The Hall–Kier alpha value is -3.48. The van der Waals surface area contributed by atoms with E-state index in [1.54, 1.807) is 6.07 Å². The molecule has 0 unspecified atom stereocenters. The molecule has 0 aromatic carbocycles. The monoisotopic (exact) mass is 349 g/mol. The molecular formula is C15H7F4N5O. The van der Waals surface area contributed by atoms with E-state index in [9.17, 15) is 17.6 Å². The number of oxazole rings is 1. The predicted molar refractivity (Wildman–Crippen MR) is 76.9 cm³/mol. The predicted octanol–water partition coefficient (Wildman–Crippen LogP) is 3.90.